The van der Waals surface area contributed by atoms with E-state index in [9.17, 15) is 14.7 Å². The molecule has 2 fully saturated rings. The summed E-state index contributed by atoms with van der Waals surface area (Å²) in [7, 11) is -2.04. The molecule has 5 rings (SSSR count). The fraction of sp³-hybridized carbons (Fsp3) is 0.606. The second kappa shape index (κ2) is 13.0. The minimum absolute atomic E-state index is 0.0384. The highest BCUT2D eigenvalue weighted by Crippen LogP contribution is 2.38. The molecule has 9 nitrogen and oxygen atoms in total. The van der Waals surface area contributed by atoms with Crippen LogP contribution in [0.15, 0.2) is 42.6 Å². The molecule has 234 valence electrons. The zero-order valence-electron chi connectivity index (χ0n) is 26.6. The number of likely N-dealkylation sites (tertiary alicyclic amines) is 1. The lowest BCUT2D eigenvalue weighted by molar-refractivity contribution is 0.0879. The van der Waals surface area contributed by atoms with E-state index in [-0.39, 0.29) is 23.1 Å². The molecule has 3 amide bonds. The highest BCUT2D eigenvalue weighted by Gasteiger charge is 2.41. The molecule has 2 aromatic rings. The molecule has 0 bridgehead atoms. The predicted molar refractivity (Wildman–Crippen MR) is 171 cm³/mol. The molecular weight excluding hydrogens is 558 g/mol. The zero-order chi connectivity index (χ0) is 30.8. The molecule has 0 radical (unpaired) electrons. The van der Waals surface area contributed by atoms with Crippen LogP contribution >= 0.6 is 0 Å². The Morgan fingerprint density at radius 3 is 2.35 bits per heavy atom. The Balaban J connectivity index is 1.19. The Bertz CT molecular complexity index is 1270. The van der Waals surface area contributed by atoms with Gasteiger partial charge in [-0.25, -0.2) is 9.59 Å². The quantitative estimate of drug-likeness (QED) is 0.372. The number of carbonyl (C=O) groups is 2. The second-order valence-corrected chi connectivity index (χ2v) is 18.8. The lowest BCUT2D eigenvalue weighted by atomic mass is 9.93. The summed E-state index contributed by atoms with van der Waals surface area (Å²) in [5.41, 5.74) is 4.86. The molecule has 0 aliphatic carbocycles. The summed E-state index contributed by atoms with van der Waals surface area (Å²) in [5, 5.41) is 9.30. The Morgan fingerprint density at radius 1 is 1.00 bits per heavy atom. The van der Waals surface area contributed by atoms with Crippen molar-refractivity contribution in [2.75, 3.05) is 45.8 Å². The van der Waals surface area contributed by atoms with Crippen LogP contribution in [0.2, 0.25) is 18.1 Å². The maximum Gasteiger partial charge on any atom is 0.407 e. The minimum Gasteiger partial charge on any atom is -0.465 e. The lowest BCUT2D eigenvalue weighted by Gasteiger charge is -2.42. The smallest absolute Gasteiger partial charge is 0.407 e. The van der Waals surface area contributed by atoms with E-state index in [2.05, 4.69) is 75.2 Å². The molecule has 2 saturated heterocycles. The molecule has 43 heavy (non-hydrogen) atoms. The van der Waals surface area contributed by atoms with Crippen LogP contribution in [0.25, 0.3) is 0 Å². The summed E-state index contributed by atoms with van der Waals surface area (Å²) >= 11 is 0. The first-order valence-corrected chi connectivity index (χ1v) is 18.7. The van der Waals surface area contributed by atoms with E-state index in [1.165, 1.54) is 16.0 Å². The van der Waals surface area contributed by atoms with Gasteiger partial charge in [0.15, 0.2) is 8.32 Å². The average Bonchev–Trinajstić information content (AvgIpc) is 3.30. The minimum atomic E-state index is -2.04. The SMILES string of the molecule is CC(C)(C)[Si](C)(C)OC(CN1CCc2ccccc2C1)CN1CCN(Cc2ccc(C3CCN(C(=O)O)CC3)nc2)C1=O. The van der Waals surface area contributed by atoms with Crippen LogP contribution in [0.5, 0.6) is 0 Å². The van der Waals surface area contributed by atoms with Crippen LogP contribution in [0.1, 0.15) is 61.9 Å². The summed E-state index contributed by atoms with van der Waals surface area (Å²) in [6.07, 6.45) is 3.63. The number of rotatable bonds is 9. The van der Waals surface area contributed by atoms with Crippen molar-refractivity contribution < 1.29 is 19.1 Å². The molecule has 3 aliphatic heterocycles. The first kappa shape index (κ1) is 31.5. The number of nitrogens with zero attached hydrogens (tertiary/aromatic N) is 5. The van der Waals surface area contributed by atoms with Crippen molar-refractivity contribution in [3.05, 3.63) is 65.0 Å². The van der Waals surface area contributed by atoms with E-state index in [4.69, 9.17) is 9.41 Å². The van der Waals surface area contributed by atoms with Gasteiger partial charge in [0.2, 0.25) is 0 Å². The van der Waals surface area contributed by atoms with Gasteiger partial charge in [-0.15, -0.1) is 0 Å². The van der Waals surface area contributed by atoms with Gasteiger partial charge in [0, 0.05) is 76.7 Å². The largest absolute Gasteiger partial charge is 0.465 e. The number of urea groups is 1. The van der Waals surface area contributed by atoms with Gasteiger partial charge in [0.25, 0.3) is 0 Å². The molecule has 1 atom stereocenters. The van der Waals surface area contributed by atoms with Gasteiger partial charge >= 0.3 is 12.1 Å². The summed E-state index contributed by atoms with van der Waals surface area (Å²) < 4.78 is 6.99. The van der Waals surface area contributed by atoms with E-state index in [1.54, 1.807) is 0 Å². The third-order valence-electron chi connectivity index (χ3n) is 9.95. The first-order chi connectivity index (χ1) is 20.4. The summed E-state index contributed by atoms with van der Waals surface area (Å²) in [4.78, 5) is 37.4. The summed E-state index contributed by atoms with van der Waals surface area (Å²) in [6, 6.07) is 12.9. The van der Waals surface area contributed by atoms with E-state index < -0.39 is 14.4 Å². The van der Waals surface area contributed by atoms with E-state index >= 15 is 0 Å². The number of carboxylic acid groups (broad SMARTS) is 1. The van der Waals surface area contributed by atoms with Crippen molar-refractivity contribution in [3.8, 4) is 0 Å². The molecule has 1 unspecified atom stereocenters. The van der Waals surface area contributed by atoms with Crippen molar-refractivity contribution in [2.24, 2.45) is 0 Å². The molecular formula is C33H49N5O4Si. The Hall–Kier alpha value is -2.95. The van der Waals surface area contributed by atoms with Gasteiger partial charge in [-0.05, 0) is 60.2 Å². The number of aromatic nitrogens is 1. The van der Waals surface area contributed by atoms with Crippen molar-refractivity contribution in [1.29, 1.82) is 0 Å². The van der Waals surface area contributed by atoms with Crippen LogP contribution in [-0.4, -0.2) is 102 Å². The molecule has 0 spiro atoms. The fourth-order valence-corrected chi connectivity index (χ4v) is 7.61. The van der Waals surface area contributed by atoms with Gasteiger partial charge in [-0.2, -0.15) is 0 Å². The van der Waals surface area contributed by atoms with E-state index in [1.807, 2.05) is 16.0 Å². The Morgan fingerprint density at radius 2 is 1.70 bits per heavy atom. The first-order valence-electron chi connectivity index (χ1n) is 15.8. The van der Waals surface area contributed by atoms with Gasteiger partial charge in [-0.1, -0.05) is 51.1 Å². The van der Waals surface area contributed by atoms with Crippen LogP contribution < -0.4 is 0 Å². The second-order valence-electron chi connectivity index (χ2n) is 14.0. The monoisotopic (exact) mass is 607 g/mol. The van der Waals surface area contributed by atoms with Crippen LogP contribution in [-0.2, 0) is 23.9 Å². The van der Waals surface area contributed by atoms with Crippen LogP contribution in [0, 0.1) is 0 Å². The molecule has 1 aromatic heterocycles. The topological polar surface area (TPSA) is 89.5 Å². The van der Waals surface area contributed by atoms with Gasteiger partial charge in [-0.3, -0.25) is 9.88 Å². The number of fused-ring (bicyclic) bond motifs is 1. The average molecular weight is 608 g/mol. The van der Waals surface area contributed by atoms with Crippen molar-refractivity contribution in [3.63, 3.8) is 0 Å². The highest BCUT2D eigenvalue weighted by molar-refractivity contribution is 6.74. The standard InChI is InChI=1S/C33H49N5O4Si/c1-33(2,3)43(4,5)42-29(23-35-15-12-26-8-6-7-9-28(26)22-35)24-38-19-18-37(31(38)39)21-25-10-11-30(34-20-25)27-13-16-36(17-14-27)32(40)41/h6-11,20,27,29H,12-19,21-24H2,1-5H3,(H,40,41). The summed E-state index contributed by atoms with van der Waals surface area (Å²) in [6.45, 7) is 17.8. The Labute approximate surface area is 257 Å². The van der Waals surface area contributed by atoms with Crippen molar-refractivity contribution in [1.82, 2.24) is 24.6 Å². The van der Waals surface area contributed by atoms with E-state index in [0.29, 0.717) is 39.3 Å². The fourth-order valence-electron chi connectivity index (χ4n) is 6.28. The predicted octanol–water partition coefficient (Wildman–Crippen LogP) is 5.63. The summed E-state index contributed by atoms with van der Waals surface area (Å²) in [5.74, 6) is 0.278. The number of hydrogen-bond acceptors (Lipinski definition) is 5. The number of benzene rings is 1. The van der Waals surface area contributed by atoms with Gasteiger partial charge in [0.1, 0.15) is 0 Å². The lowest BCUT2D eigenvalue weighted by Crippen LogP contribution is -2.51. The number of amides is 3. The molecule has 0 saturated carbocycles. The van der Waals surface area contributed by atoms with Gasteiger partial charge < -0.3 is 24.2 Å². The third-order valence-corrected chi connectivity index (χ3v) is 14.5. The maximum absolute atomic E-state index is 13.6. The van der Waals surface area contributed by atoms with Crippen molar-refractivity contribution in [2.45, 2.75) is 83.3 Å². The Kier molecular flexibility index (Phi) is 9.48. The number of hydrogen-bond donors (Lipinski definition) is 1. The highest BCUT2D eigenvalue weighted by atomic mass is 28.4. The van der Waals surface area contributed by atoms with Crippen LogP contribution in [0.4, 0.5) is 9.59 Å². The van der Waals surface area contributed by atoms with E-state index in [0.717, 1.165) is 50.2 Å². The number of pyridine rings is 1. The maximum atomic E-state index is 13.6. The normalized spacial score (nSPS) is 19.6. The number of piperidine rings is 1. The molecule has 3 aliphatic rings. The van der Waals surface area contributed by atoms with Crippen molar-refractivity contribution >= 4 is 20.4 Å². The molecule has 1 N–H and O–H groups in total. The molecule has 1 aromatic carbocycles. The van der Waals surface area contributed by atoms with Gasteiger partial charge in [0.05, 0.1) is 6.10 Å². The zero-order valence-corrected chi connectivity index (χ0v) is 27.6. The molecule has 4 heterocycles. The van der Waals surface area contributed by atoms with Crippen LogP contribution in [0.3, 0.4) is 0 Å². The third kappa shape index (κ3) is 7.59. The number of carbonyl (C=O) groups excluding carboxylic acids is 1. The molecule has 10 heteroatoms.